The molecule has 0 saturated heterocycles. The van der Waals surface area contributed by atoms with E-state index in [-0.39, 0.29) is 27.6 Å². The minimum absolute atomic E-state index is 0.00574. The zero-order chi connectivity index (χ0) is 30.2. The normalized spacial score (nSPS) is 16.3. The molecule has 4 rings (SSSR count). The molecule has 3 aromatic carbocycles. The third kappa shape index (κ3) is 6.18. The van der Waals surface area contributed by atoms with E-state index >= 15 is 0 Å². The number of halogens is 5. The fraction of sp³-hybridized carbons (Fsp3) is 0.231. The number of carbonyl (C=O) groups is 2. The summed E-state index contributed by atoms with van der Waals surface area (Å²) in [5.41, 5.74) is 0.0186. The molecule has 0 aliphatic carbocycles. The van der Waals surface area contributed by atoms with Crippen LogP contribution in [0.1, 0.15) is 40.0 Å². The van der Waals surface area contributed by atoms with Gasteiger partial charge < -0.3 is 14.7 Å². The summed E-state index contributed by atoms with van der Waals surface area (Å²) < 4.78 is 77.3. The lowest BCUT2D eigenvalue weighted by Crippen LogP contribution is -2.46. The third-order valence-corrected chi connectivity index (χ3v) is 7.89. The molecule has 0 fully saturated rings. The zero-order valence-electron chi connectivity index (χ0n) is 21.8. The number of benzene rings is 3. The first-order valence-electron chi connectivity index (χ1n) is 11.9. The molecule has 2 unspecified atom stereocenters. The molecule has 1 aliphatic rings. The molecule has 2 N–H and O–H groups in total. The van der Waals surface area contributed by atoms with Crippen molar-refractivity contribution in [1.82, 2.24) is 10.2 Å². The maximum atomic E-state index is 14.9. The van der Waals surface area contributed by atoms with Crippen LogP contribution in [0.2, 0.25) is 5.02 Å². The molecule has 0 bridgehead atoms. The summed E-state index contributed by atoms with van der Waals surface area (Å²) in [5.74, 6) is -5.42. The van der Waals surface area contributed by atoms with Crippen LogP contribution in [-0.4, -0.2) is 35.9 Å². The van der Waals surface area contributed by atoms with E-state index < -0.39 is 67.7 Å². The molecule has 2 atom stereocenters. The number of phosphoric acid groups is 1. The van der Waals surface area contributed by atoms with E-state index in [1.54, 1.807) is 13.0 Å². The van der Waals surface area contributed by atoms with Gasteiger partial charge in [-0.05, 0) is 36.8 Å². The summed E-state index contributed by atoms with van der Waals surface area (Å²) in [5, 5.41) is 1.97. The quantitative estimate of drug-likeness (QED) is 0.235. The molecule has 1 aliphatic heterocycles. The van der Waals surface area contributed by atoms with Gasteiger partial charge in [0.05, 0.1) is 23.3 Å². The minimum atomic E-state index is -4.54. The lowest BCUT2D eigenvalue weighted by atomic mass is 9.98. The van der Waals surface area contributed by atoms with E-state index in [1.807, 2.05) is 0 Å². The van der Waals surface area contributed by atoms with Gasteiger partial charge in [-0.3, -0.25) is 19.1 Å². The SMILES string of the molecule is COP(=O)(O)Oc1ccc(F)c(CN2C(=O)N(C)C(C)c3ccc(C(=O)NCc4c(F)cc(F)cc4F)cc32)c1Cl. The fourth-order valence-electron chi connectivity index (χ4n) is 4.22. The van der Waals surface area contributed by atoms with Crippen LogP contribution < -0.4 is 14.7 Å². The molecule has 0 spiro atoms. The summed E-state index contributed by atoms with van der Waals surface area (Å²) in [6, 6.07) is 6.27. The highest BCUT2D eigenvalue weighted by molar-refractivity contribution is 7.47. The molecule has 15 heteroatoms. The Morgan fingerprint density at radius 1 is 1.07 bits per heavy atom. The Morgan fingerprint density at radius 2 is 1.73 bits per heavy atom. The molecule has 3 aromatic rings. The number of rotatable bonds is 8. The molecule has 0 radical (unpaired) electrons. The molecule has 3 amide bonds. The number of nitrogens with one attached hydrogen (secondary N) is 1. The average molecular weight is 616 g/mol. The van der Waals surface area contributed by atoms with E-state index in [0.29, 0.717) is 17.7 Å². The second-order valence-electron chi connectivity index (χ2n) is 9.04. The maximum absolute atomic E-state index is 14.9. The Bertz CT molecular complexity index is 1570. The summed E-state index contributed by atoms with van der Waals surface area (Å²) in [6.07, 6.45) is 0. The summed E-state index contributed by atoms with van der Waals surface area (Å²) in [7, 11) is -2.09. The number of nitrogens with zero attached hydrogens (tertiary/aromatic N) is 2. The number of anilines is 1. The van der Waals surface area contributed by atoms with E-state index in [4.69, 9.17) is 16.1 Å². The first-order valence-corrected chi connectivity index (χ1v) is 13.8. The highest BCUT2D eigenvalue weighted by atomic mass is 35.5. The summed E-state index contributed by atoms with van der Waals surface area (Å²) in [6.45, 7) is 0.684. The molecular weight excluding hydrogens is 593 g/mol. The number of hydrogen-bond donors (Lipinski definition) is 2. The van der Waals surface area contributed by atoms with Gasteiger partial charge in [0, 0.05) is 49.5 Å². The van der Waals surface area contributed by atoms with Crippen LogP contribution in [0.25, 0.3) is 0 Å². The summed E-state index contributed by atoms with van der Waals surface area (Å²) >= 11 is 6.30. The molecule has 0 aromatic heterocycles. The minimum Gasteiger partial charge on any atom is -0.403 e. The van der Waals surface area contributed by atoms with Crippen molar-refractivity contribution in [3.05, 3.63) is 93.0 Å². The monoisotopic (exact) mass is 615 g/mol. The van der Waals surface area contributed by atoms with Crippen LogP contribution in [0.5, 0.6) is 5.75 Å². The van der Waals surface area contributed by atoms with Crippen molar-refractivity contribution >= 4 is 37.0 Å². The summed E-state index contributed by atoms with van der Waals surface area (Å²) in [4.78, 5) is 38.4. The molecule has 41 heavy (non-hydrogen) atoms. The van der Waals surface area contributed by atoms with Crippen molar-refractivity contribution in [3.63, 3.8) is 0 Å². The van der Waals surface area contributed by atoms with Gasteiger partial charge in [-0.15, -0.1) is 0 Å². The second-order valence-corrected chi connectivity index (χ2v) is 10.9. The van der Waals surface area contributed by atoms with Gasteiger partial charge in [-0.1, -0.05) is 17.7 Å². The average Bonchev–Trinajstić information content (AvgIpc) is 2.92. The van der Waals surface area contributed by atoms with Gasteiger partial charge in [0.25, 0.3) is 5.91 Å². The van der Waals surface area contributed by atoms with Gasteiger partial charge in [-0.2, -0.15) is 0 Å². The van der Waals surface area contributed by atoms with Crippen molar-refractivity contribution in [2.75, 3.05) is 19.1 Å². The van der Waals surface area contributed by atoms with Crippen LogP contribution >= 0.6 is 19.4 Å². The topological polar surface area (TPSA) is 108 Å². The van der Waals surface area contributed by atoms with Gasteiger partial charge in [0.15, 0.2) is 5.75 Å². The first-order chi connectivity index (χ1) is 19.2. The van der Waals surface area contributed by atoms with Gasteiger partial charge >= 0.3 is 13.9 Å². The number of hydrogen-bond acceptors (Lipinski definition) is 5. The lowest BCUT2D eigenvalue weighted by Gasteiger charge is -2.40. The zero-order valence-corrected chi connectivity index (χ0v) is 23.4. The third-order valence-electron chi connectivity index (χ3n) is 6.59. The molecule has 1 heterocycles. The van der Waals surface area contributed by atoms with Gasteiger partial charge in [0.1, 0.15) is 23.3 Å². The number of carbonyl (C=O) groups excluding carboxylic acids is 2. The second kappa shape index (κ2) is 11.7. The van der Waals surface area contributed by atoms with Crippen LogP contribution in [0.3, 0.4) is 0 Å². The Kier molecular flexibility index (Phi) is 8.65. The van der Waals surface area contributed by atoms with Gasteiger partial charge in [0.2, 0.25) is 0 Å². The van der Waals surface area contributed by atoms with E-state index in [2.05, 4.69) is 9.84 Å². The van der Waals surface area contributed by atoms with Crippen LogP contribution in [0.4, 0.5) is 28.0 Å². The highest BCUT2D eigenvalue weighted by Crippen LogP contribution is 2.46. The molecule has 9 nitrogen and oxygen atoms in total. The number of amides is 3. The van der Waals surface area contributed by atoms with Crippen molar-refractivity contribution in [2.24, 2.45) is 0 Å². The van der Waals surface area contributed by atoms with E-state index in [9.17, 15) is 36.6 Å². The molecule has 0 saturated carbocycles. The Morgan fingerprint density at radius 3 is 2.37 bits per heavy atom. The first kappa shape index (κ1) is 30.3. The van der Waals surface area contributed by atoms with Crippen molar-refractivity contribution < 1.29 is 45.7 Å². The number of urea groups is 1. The Labute approximate surface area is 236 Å². The van der Waals surface area contributed by atoms with Crippen molar-refractivity contribution in [1.29, 1.82) is 0 Å². The highest BCUT2D eigenvalue weighted by Gasteiger charge is 2.35. The predicted octanol–water partition coefficient (Wildman–Crippen LogP) is 6.09. The predicted molar refractivity (Wildman–Crippen MR) is 141 cm³/mol. The Balaban J connectivity index is 1.68. The Hall–Kier alpha value is -3.64. The maximum Gasteiger partial charge on any atom is 0.527 e. The molecule has 218 valence electrons. The van der Waals surface area contributed by atoms with Crippen LogP contribution in [-0.2, 0) is 22.2 Å². The van der Waals surface area contributed by atoms with E-state index in [0.717, 1.165) is 24.1 Å². The number of phosphoric ester groups is 1. The largest absolute Gasteiger partial charge is 0.527 e. The van der Waals surface area contributed by atoms with Crippen LogP contribution in [0, 0.1) is 23.3 Å². The van der Waals surface area contributed by atoms with Crippen molar-refractivity contribution in [3.8, 4) is 5.75 Å². The number of fused-ring (bicyclic) bond motifs is 1. The standard InChI is InChI=1S/C26H23ClF4N3O6P/c1-13-16-5-4-14(25(35)32-11-17-20(30)9-15(28)10-21(17)31)8-22(16)34(26(36)33(13)2)12-18-19(29)6-7-23(24(18)27)40-41(37,38)39-3/h4-10,13H,11-12H2,1-3H3,(H,32,35)(H,37,38). The van der Waals surface area contributed by atoms with Crippen molar-refractivity contribution in [2.45, 2.75) is 26.1 Å². The molecular formula is C26H23ClF4N3O6P. The van der Waals surface area contributed by atoms with E-state index in [1.165, 1.54) is 24.1 Å². The smallest absolute Gasteiger partial charge is 0.403 e. The van der Waals surface area contributed by atoms with Crippen LogP contribution in [0.15, 0.2) is 42.5 Å². The fourth-order valence-corrected chi connectivity index (χ4v) is 5.00. The lowest BCUT2D eigenvalue weighted by molar-refractivity contribution is 0.0950. The van der Waals surface area contributed by atoms with Gasteiger partial charge in [-0.25, -0.2) is 26.9 Å².